The van der Waals surface area contributed by atoms with E-state index in [-0.39, 0.29) is 12.0 Å². The Balaban J connectivity index is 2.76. The molecule has 1 aromatic carbocycles. The maximum Gasteiger partial charge on any atom is 0.258 e. The molecule has 7 heteroatoms. The lowest BCUT2D eigenvalue weighted by molar-refractivity contribution is 0.566. The van der Waals surface area contributed by atoms with Gasteiger partial charge in [-0.2, -0.15) is 0 Å². The van der Waals surface area contributed by atoms with Crippen LogP contribution in [0.4, 0.5) is 5.69 Å². The standard InChI is InChI=1S/C20H26Br2N2O2S/c1-5-7-18(16-8-6-11-23-13-16)24(27(25,26)20(21)22)19-10-9-15(4)12-17(19)14(2)3/h6,8-14,18,20H,5,7H2,1-4H3. The molecule has 0 amide bonds. The molecule has 1 heterocycles. The summed E-state index contributed by atoms with van der Waals surface area (Å²) in [7, 11) is -3.69. The molecule has 0 saturated heterocycles. The number of aryl methyl sites for hydroxylation is 1. The van der Waals surface area contributed by atoms with Crippen LogP contribution >= 0.6 is 31.9 Å². The molecule has 1 atom stereocenters. The molecule has 0 spiro atoms. The second-order valence-corrected chi connectivity index (χ2v) is 13.1. The van der Waals surface area contributed by atoms with E-state index in [1.54, 1.807) is 16.7 Å². The van der Waals surface area contributed by atoms with Crippen LogP contribution in [0.2, 0.25) is 0 Å². The van der Waals surface area contributed by atoms with Gasteiger partial charge in [0.1, 0.15) is 0 Å². The topological polar surface area (TPSA) is 50.3 Å². The van der Waals surface area contributed by atoms with Crippen LogP contribution in [0.15, 0.2) is 42.7 Å². The SMILES string of the molecule is CCCC(c1cccnc1)N(c1ccc(C)cc1C(C)C)S(=O)(=O)C(Br)Br. The van der Waals surface area contributed by atoms with Crippen molar-refractivity contribution in [1.29, 1.82) is 0 Å². The van der Waals surface area contributed by atoms with Gasteiger partial charge < -0.3 is 0 Å². The average molecular weight is 518 g/mol. The second-order valence-electron chi connectivity index (χ2n) is 6.91. The highest BCUT2D eigenvalue weighted by molar-refractivity contribution is 9.27. The van der Waals surface area contributed by atoms with Gasteiger partial charge in [-0.15, -0.1) is 0 Å². The minimum atomic E-state index is -3.69. The Morgan fingerprint density at radius 2 is 1.89 bits per heavy atom. The smallest absolute Gasteiger partial charge is 0.258 e. The van der Waals surface area contributed by atoms with Crippen LogP contribution in [0.1, 0.15) is 62.3 Å². The first-order valence-electron chi connectivity index (χ1n) is 9.02. The van der Waals surface area contributed by atoms with E-state index in [0.717, 1.165) is 28.8 Å². The van der Waals surface area contributed by atoms with E-state index in [4.69, 9.17) is 0 Å². The van der Waals surface area contributed by atoms with E-state index in [2.05, 4.69) is 63.7 Å². The van der Waals surface area contributed by atoms with E-state index in [9.17, 15) is 8.42 Å². The summed E-state index contributed by atoms with van der Waals surface area (Å²) < 4.78 is 27.5. The number of sulfonamides is 1. The first kappa shape index (κ1) is 22.4. The van der Waals surface area contributed by atoms with Crippen LogP contribution in [-0.2, 0) is 10.0 Å². The molecule has 0 bridgehead atoms. The van der Waals surface area contributed by atoms with E-state index >= 15 is 0 Å². The lowest BCUT2D eigenvalue weighted by atomic mass is 9.97. The van der Waals surface area contributed by atoms with E-state index in [1.165, 1.54) is 0 Å². The number of hydrogen-bond donors (Lipinski definition) is 0. The first-order valence-corrected chi connectivity index (χ1v) is 12.4. The van der Waals surface area contributed by atoms with E-state index in [0.29, 0.717) is 6.42 Å². The van der Waals surface area contributed by atoms with Crippen LogP contribution in [0.3, 0.4) is 0 Å². The number of aromatic nitrogens is 1. The van der Waals surface area contributed by atoms with Crippen molar-refractivity contribution in [3.8, 4) is 0 Å². The van der Waals surface area contributed by atoms with Gasteiger partial charge in [-0.05, 0) is 42.5 Å². The summed E-state index contributed by atoms with van der Waals surface area (Å²) >= 11 is 6.47. The minimum absolute atomic E-state index is 0.192. The molecule has 1 aromatic heterocycles. The Hall–Kier alpha value is -0.920. The Bertz CT molecular complexity index is 856. The average Bonchev–Trinajstić information content (AvgIpc) is 2.62. The number of benzene rings is 1. The molecule has 2 rings (SSSR count). The third-order valence-corrected chi connectivity index (χ3v) is 8.74. The molecule has 27 heavy (non-hydrogen) atoms. The number of rotatable bonds is 8. The third kappa shape index (κ3) is 5.12. The number of alkyl halides is 2. The van der Waals surface area contributed by atoms with Crippen molar-refractivity contribution in [3.63, 3.8) is 0 Å². The molecule has 0 aliphatic heterocycles. The largest absolute Gasteiger partial charge is 0.264 e. The Labute approximate surface area is 179 Å². The van der Waals surface area contributed by atoms with E-state index < -0.39 is 13.1 Å². The van der Waals surface area contributed by atoms with Crippen molar-refractivity contribution in [2.75, 3.05) is 4.31 Å². The molecule has 148 valence electrons. The highest BCUT2D eigenvalue weighted by Crippen LogP contribution is 2.40. The molecule has 2 aromatic rings. The van der Waals surface area contributed by atoms with Crippen LogP contribution < -0.4 is 4.31 Å². The fraction of sp³-hybridized carbons (Fsp3) is 0.450. The zero-order valence-electron chi connectivity index (χ0n) is 16.1. The Morgan fingerprint density at radius 1 is 1.19 bits per heavy atom. The Morgan fingerprint density at radius 3 is 2.41 bits per heavy atom. The van der Waals surface area contributed by atoms with Gasteiger partial charge in [0.2, 0.25) is 0 Å². The molecular weight excluding hydrogens is 492 g/mol. The lowest BCUT2D eigenvalue weighted by Gasteiger charge is -2.35. The van der Waals surface area contributed by atoms with Gasteiger partial charge in [-0.25, -0.2) is 8.42 Å². The highest BCUT2D eigenvalue weighted by Gasteiger charge is 2.36. The van der Waals surface area contributed by atoms with Crippen LogP contribution in [-0.4, -0.2) is 16.5 Å². The maximum atomic E-state index is 13.4. The fourth-order valence-corrected chi connectivity index (χ4v) is 5.45. The van der Waals surface area contributed by atoms with Crippen molar-refractivity contribution < 1.29 is 8.42 Å². The first-order chi connectivity index (χ1) is 12.7. The number of nitrogens with zero attached hydrogens (tertiary/aromatic N) is 2. The van der Waals surface area contributed by atoms with Gasteiger partial charge in [0, 0.05) is 12.4 Å². The fourth-order valence-electron chi connectivity index (χ4n) is 3.17. The molecule has 0 saturated carbocycles. The quantitative estimate of drug-likeness (QED) is 0.388. The van der Waals surface area contributed by atoms with E-state index in [1.807, 2.05) is 31.2 Å². The van der Waals surface area contributed by atoms with Crippen molar-refractivity contribution in [2.45, 2.75) is 55.6 Å². The molecule has 0 N–H and O–H groups in total. The summed E-state index contributed by atoms with van der Waals surface area (Å²) in [6.45, 7) is 8.26. The molecule has 4 nitrogen and oxygen atoms in total. The highest BCUT2D eigenvalue weighted by atomic mass is 79.9. The van der Waals surface area contributed by atoms with Gasteiger partial charge >= 0.3 is 0 Å². The summed E-state index contributed by atoms with van der Waals surface area (Å²) in [5, 5.41) is 0. The van der Waals surface area contributed by atoms with Crippen molar-refractivity contribution >= 4 is 47.6 Å². The Kier molecular flexibility index (Phi) is 7.89. The maximum absolute atomic E-state index is 13.4. The van der Waals surface area contributed by atoms with Crippen LogP contribution in [0, 0.1) is 6.92 Å². The van der Waals surface area contributed by atoms with Crippen molar-refractivity contribution in [1.82, 2.24) is 4.98 Å². The van der Waals surface area contributed by atoms with Crippen LogP contribution in [0.25, 0.3) is 0 Å². The summed E-state index contributed by atoms with van der Waals surface area (Å²) in [6, 6.07) is 9.42. The number of anilines is 1. The number of pyridine rings is 1. The number of hydrogen-bond acceptors (Lipinski definition) is 3. The zero-order valence-corrected chi connectivity index (χ0v) is 20.1. The number of halogens is 2. The normalized spacial score (nSPS) is 13.2. The molecule has 0 fully saturated rings. The lowest BCUT2D eigenvalue weighted by Crippen LogP contribution is -2.38. The summed E-state index contributed by atoms with van der Waals surface area (Å²) in [4.78, 5) is 4.22. The van der Waals surface area contributed by atoms with Gasteiger partial charge in [-0.3, -0.25) is 9.29 Å². The second kappa shape index (κ2) is 9.52. The van der Waals surface area contributed by atoms with Crippen molar-refractivity contribution in [2.24, 2.45) is 0 Å². The van der Waals surface area contributed by atoms with Crippen molar-refractivity contribution in [3.05, 3.63) is 59.4 Å². The molecule has 0 aliphatic rings. The van der Waals surface area contributed by atoms with Gasteiger partial charge in [-0.1, -0.05) is 82.8 Å². The zero-order chi connectivity index (χ0) is 20.2. The molecular formula is C20H26Br2N2O2S. The molecule has 0 radical (unpaired) electrons. The summed E-state index contributed by atoms with van der Waals surface area (Å²) in [5.41, 5.74) is 3.74. The molecule has 1 unspecified atom stereocenters. The van der Waals surface area contributed by atoms with Crippen LogP contribution in [0.5, 0.6) is 0 Å². The predicted octanol–water partition coefficient (Wildman–Crippen LogP) is 6.26. The summed E-state index contributed by atoms with van der Waals surface area (Å²) in [5.74, 6) is 0.192. The molecule has 0 aliphatic carbocycles. The summed E-state index contributed by atoms with van der Waals surface area (Å²) in [6.07, 6.45) is 5.00. The van der Waals surface area contributed by atoms with Gasteiger partial charge in [0.15, 0.2) is 3.07 Å². The van der Waals surface area contributed by atoms with Gasteiger partial charge in [0.05, 0.1) is 11.7 Å². The predicted molar refractivity (Wildman–Crippen MR) is 120 cm³/mol. The monoisotopic (exact) mass is 516 g/mol. The minimum Gasteiger partial charge on any atom is -0.264 e. The van der Waals surface area contributed by atoms with Gasteiger partial charge in [0.25, 0.3) is 10.0 Å². The third-order valence-electron chi connectivity index (χ3n) is 4.46.